The number of hydrogen-bond donors (Lipinski definition) is 1. The molecule has 8 heteroatoms. The summed E-state index contributed by atoms with van der Waals surface area (Å²) < 4.78 is 7.45. The second-order valence-electron chi connectivity index (χ2n) is 7.82. The molecule has 0 saturated heterocycles. The van der Waals surface area contributed by atoms with Crippen LogP contribution < -0.4 is 10.1 Å². The van der Waals surface area contributed by atoms with Crippen molar-refractivity contribution in [3.8, 4) is 16.3 Å². The molecule has 0 aliphatic heterocycles. The van der Waals surface area contributed by atoms with Crippen LogP contribution in [0.3, 0.4) is 0 Å². The van der Waals surface area contributed by atoms with E-state index in [-0.39, 0.29) is 12.5 Å². The van der Waals surface area contributed by atoms with Crippen LogP contribution in [-0.4, -0.2) is 32.3 Å². The van der Waals surface area contributed by atoms with Crippen molar-refractivity contribution in [2.24, 2.45) is 0 Å². The van der Waals surface area contributed by atoms with Crippen LogP contribution in [0.4, 0.5) is 5.69 Å². The number of amides is 1. The van der Waals surface area contributed by atoms with Gasteiger partial charge >= 0.3 is 0 Å². The first-order valence-corrected chi connectivity index (χ1v) is 11.6. The number of carbonyl (C=O) groups excluding carboxylic acids is 1. The summed E-state index contributed by atoms with van der Waals surface area (Å²) in [6.45, 7) is 8.30. The number of fused-ring (bicyclic) bond motifs is 1. The highest BCUT2D eigenvalue weighted by molar-refractivity contribution is 7.19. The van der Waals surface area contributed by atoms with Crippen LogP contribution in [0.5, 0.6) is 5.75 Å². The number of carbonyl (C=O) groups is 1. The lowest BCUT2D eigenvalue weighted by atomic mass is 9.99. The molecule has 0 bridgehead atoms. The molecular weight excluding hydrogens is 422 g/mol. The van der Waals surface area contributed by atoms with Gasteiger partial charge in [0.05, 0.1) is 0 Å². The molecule has 166 valence electrons. The third kappa shape index (κ3) is 4.65. The van der Waals surface area contributed by atoms with Gasteiger partial charge < -0.3 is 10.1 Å². The summed E-state index contributed by atoms with van der Waals surface area (Å²) in [5.41, 5.74) is 3.90. The highest BCUT2D eigenvalue weighted by Gasteiger charge is 2.14. The molecule has 0 saturated carbocycles. The van der Waals surface area contributed by atoms with E-state index in [1.165, 1.54) is 16.9 Å². The molecule has 1 amide bonds. The van der Waals surface area contributed by atoms with E-state index < -0.39 is 0 Å². The van der Waals surface area contributed by atoms with Crippen molar-refractivity contribution < 1.29 is 9.53 Å². The predicted molar refractivity (Wildman–Crippen MR) is 127 cm³/mol. The summed E-state index contributed by atoms with van der Waals surface area (Å²) in [6, 6.07) is 13.8. The average molecular weight is 450 g/mol. The fraction of sp³-hybridized carbons (Fsp3) is 0.333. The molecule has 0 unspecified atom stereocenters. The number of nitrogens with zero attached hydrogens (tertiary/aromatic N) is 4. The zero-order valence-electron chi connectivity index (χ0n) is 18.8. The van der Waals surface area contributed by atoms with E-state index in [9.17, 15) is 4.79 Å². The molecule has 0 fully saturated rings. The van der Waals surface area contributed by atoms with Gasteiger partial charge in [0.15, 0.2) is 12.4 Å². The zero-order chi connectivity index (χ0) is 22.7. The second-order valence-corrected chi connectivity index (χ2v) is 8.77. The van der Waals surface area contributed by atoms with Gasteiger partial charge in [-0.05, 0) is 48.6 Å². The summed E-state index contributed by atoms with van der Waals surface area (Å²) in [6.07, 6.45) is 1.85. The van der Waals surface area contributed by atoms with Crippen molar-refractivity contribution in [1.29, 1.82) is 0 Å². The highest BCUT2D eigenvalue weighted by Crippen LogP contribution is 2.29. The lowest BCUT2D eigenvalue weighted by Crippen LogP contribution is -2.20. The number of nitrogens with one attached hydrogen (secondary N) is 1. The zero-order valence-corrected chi connectivity index (χ0v) is 19.6. The van der Waals surface area contributed by atoms with Crippen LogP contribution in [0, 0.1) is 6.92 Å². The van der Waals surface area contributed by atoms with Crippen molar-refractivity contribution in [3.63, 3.8) is 0 Å². The first-order valence-electron chi connectivity index (χ1n) is 10.8. The number of hydrogen-bond acceptors (Lipinski definition) is 6. The Hall–Kier alpha value is -3.26. The molecule has 4 aromatic rings. The van der Waals surface area contributed by atoms with Gasteiger partial charge in [-0.25, -0.2) is 0 Å². The number of benzene rings is 2. The standard InChI is InChI=1S/C24H27N5O2S/c1-5-15(3)17-9-11-19(12-10-17)31-14-22(30)25-20-13-18(8-7-16(20)4)23-28-29-21(6-2)26-27-24(29)32-23/h7-13,15H,5-6,14H2,1-4H3,(H,25,30)/t15-/m0/s1. The van der Waals surface area contributed by atoms with Gasteiger partial charge in [-0.15, -0.1) is 10.2 Å². The van der Waals surface area contributed by atoms with Crippen LogP contribution in [0.15, 0.2) is 42.5 Å². The van der Waals surface area contributed by atoms with Crippen molar-refractivity contribution in [1.82, 2.24) is 19.8 Å². The number of aromatic nitrogens is 4. The SMILES string of the molecule is CCc1nnc2sc(-c3ccc(C)c(NC(=O)COc4ccc([C@@H](C)CC)cc4)c3)nn12. The number of ether oxygens (including phenoxy) is 1. The molecule has 0 radical (unpaired) electrons. The number of anilines is 1. The van der Waals surface area contributed by atoms with E-state index in [1.807, 2.05) is 44.2 Å². The summed E-state index contributed by atoms with van der Waals surface area (Å²) in [5, 5.41) is 16.7. The maximum Gasteiger partial charge on any atom is 0.262 e. The van der Waals surface area contributed by atoms with Crippen LogP contribution >= 0.6 is 11.3 Å². The van der Waals surface area contributed by atoms with Gasteiger partial charge in [0.2, 0.25) is 4.96 Å². The quantitative estimate of drug-likeness (QED) is 0.397. The smallest absolute Gasteiger partial charge is 0.262 e. The molecule has 0 aliphatic carbocycles. The van der Waals surface area contributed by atoms with E-state index in [1.54, 1.807) is 4.52 Å². The van der Waals surface area contributed by atoms with Crippen LogP contribution in [0.2, 0.25) is 0 Å². The van der Waals surface area contributed by atoms with E-state index >= 15 is 0 Å². The van der Waals surface area contributed by atoms with Gasteiger partial charge in [-0.1, -0.05) is 56.4 Å². The van der Waals surface area contributed by atoms with Crippen molar-refractivity contribution in [2.75, 3.05) is 11.9 Å². The van der Waals surface area contributed by atoms with Crippen molar-refractivity contribution in [2.45, 2.75) is 46.5 Å². The topological polar surface area (TPSA) is 81.4 Å². The van der Waals surface area contributed by atoms with Gasteiger partial charge in [0.1, 0.15) is 10.8 Å². The molecule has 4 rings (SSSR count). The molecule has 2 aromatic carbocycles. The van der Waals surface area contributed by atoms with Gasteiger partial charge in [-0.3, -0.25) is 4.79 Å². The lowest BCUT2D eigenvalue weighted by molar-refractivity contribution is -0.118. The molecule has 0 spiro atoms. The Labute approximate surface area is 191 Å². The number of aryl methyl sites for hydroxylation is 2. The molecule has 0 aliphatic rings. The summed E-state index contributed by atoms with van der Waals surface area (Å²) in [7, 11) is 0. The van der Waals surface area contributed by atoms with Crippen molar-refractivity contribution >= 4 is 27.9 Å². The molecule has 2 aromatic heterocycles. The van der Waals surface area contributed by atoms with E-state index in [0.717, 1.165) is 45.4 Å². The predicted octanol–water partition coefficient (Wildman–Crippen LogP) is 5.25. The minimum Gasteiger partial charge on any atom is -0.484 e. The molecule has 2 heterocycles. The second kappa shape index (κ2) is 9.48. The maximum atomic E-state index is 12.5. The Morgan fingerprint density at radius 3 is 2.66 bits per heavy atom. The van der Waals surface area contributed by atoms with Crippen LogP contribution in [0.1, 0.15) is 50.1 Å². The maximum absolute atomic E-state index is 12.5. The fourth-order valence-electron chi connectivity index (χ4n) is 3.35. The largest absolute Gasteiger partial charge is 0.484 e. The van der Waals surface area contributed by atoms with Crippen LogP contribution in [-0.2, 0) is 11.2 Å². The van der Waals surface area contributed by atoms with Gasteiger partial charge in [0, 0.05) is 17.7 Å². The average Bonchev–Trinajstić information content (AvgIpc) is 3.40. The van der Waals surface area contributed by atoms with E-state index in [0.29, 0.717) is 11.7 Å². The van der Waals surface area contributed by atoms with Crippen LogP contribution in [0.25, 0.3) is 15.5 Å². The fourth-order valence-corrected chi connectivity index (χ4v) is 4.20. The van der Waals surface area contributed by atoms with E-state index in [4.69, 9.17) is 4.74 Å². The highest BCUT2D eigenvalue weighted by atomic mass is 32.1. The molecular formula is C24H27N5O2S. The Morgan fingerprint density at radius 1 is 1.16 bits per heavy atom. The molecule has 7 nitrogen and oxygen atoms in total. The third-order valence-electron chi connectivity index (χ3n) is 5.56. The molecule has 1 N–H and O–H groups in total. The van der Waals surface area contributed by atoms with Gasteiger partial charge in [-0.2, -0.15) is 9.61 Å². The first-order chi connectivity index (χ1) is 15.5. The Kier molecular flexibility index (Phi) is 6.50. The lowest BCUT2D eigenvalue weighted by Gasteiger charge is -2.12. The Bertz CT molecular complexity index is 1230. The van der Waals surface area contributed by atoms with E-state index in [2.05, 4.69) is 46.6 Å². The monoisotopic (exact) mass is 449 g/mol. The Morgan fingerprint density at radius 2 is 1.94 bits per heavy atom. The minimum atomic E-state index is -0.206. The minimum absolute atomic E-state index is 0.0526. The summed E-state index contributed by atoms with van der Waals surface area (Å²) in [4.78, 5) is 13.3. The molecule has 32 heavy (non-hydrogen) atoms. The normalized spacial score (nSPS) is 12.1. The Balaban J connectivity index is 1.43. The van der Waals surface area contributed by atoms with Crippen molar-refractivity contribution in [3.05, 3.63) is 59.4 Å². The molecule has 1 atom stereocenters. The summed E-state index contributed by atoms with van der Waals surface area (Å²) in [5.74, 6) is 1.82. The summed E-state index contributed by atoms with van der Waals surface area (Å²) >= 11 is 1.47. The third-order valence-corrected chi connectivity index (χ3v) is 6.51. The first kappa shape index (κ1) is 22.0. The number of rotatable bonds is 8. The van der Waals surface area contributed by atoms with Gasteiger partial charge in [0.25, 0.3) is 5.91 Å².